The zero-order valence-corrected chi connectivity index (χ0v) is 30.6. The zero-order valence-electron chi connectivity index (χ0n) is 29.0. The average Bonchev–Trinajstić information content (AvgIpc) is 3.13. The van der Waals surface area contributed by atoms with E-state index < -0.39 is 11.8 Å². The topological polar surface area (TPSA) is 105 Å². The van der Waals surface area contributed by atoms with Crippen LogP contribution in [-0.4, -0.2) is 11.8 Å². The largest absolute Gasteiger partial charge is 0.453 e. The fourth-order valence-corrected chi connectivity index (χ4v) is 7.81. The number of primary amides is 2. The standard InChI is InChI=1S/C44H41BrN2O4/c1-3-5-7-10-26-14-18-28(19-15-26)50-41-39-31-13-9-12-30-35(45)25-24-32(36(30)31)37-34(43(46)48)23-22-33(38(37)39)40(44(47)49)42(41)51-29-20-16-27(17-21-29)11-8-6-4-2/h9,12-25H,3-8,10-11H2,1-2H3,(H2,46,48)(H2,47,49). The molecule has 7 rings (SSSR count). The van der Waals surface area contributed by atoms with Crippen LogP contribution in [0.25, 0.3) is 43.1 Å². The molecule has 2 amide bonds. The summed E-state index contributed by atoms with van der Waals surface area (Å²) in [4.78, 5) is 26.7. The number of nitrogens with two attached hydrogens (primary N) is 2. The van der Waals surface area contributed by atoms with Crippen molar-refractivity contribution in [2.75, 3.05) is 0 Å². The van der Waals surface area contributed by atoms with Gasteiger partial charge in [-0.05, 0) is 100 Å². The summed E-state index contributed by atoms with van der Waals surface area (Å²) in [6.07, 6.45) is 8.86. The van der Waals surface area contributed by atoms with E-state index in [1.807, 2.05) is 54.6 Å². The second-order valence-corrected chi connectivity index (χ2v) is 14.1. The highest BCUT2D eigenvalue weighted by molar-refractivity contribution is 9.10. The minimum atomic E-state index is -0.679. The number of carbonyl (C=O) groups is 2. The van der Waals surface area contributed by atoms with Gasteiger partial charge in [0.2, 0.25) is 5.91 Å². The second-order valence-electron chi connectivity index (χ2n) is 13.3. The van der Waals surface area contributed by atoms with Gasteiger partial charge in [0.25, 0.3) is 5.91 Å². The van der Waals surface area contributed by atoms with Gasteiger partial charge in [0.1, 0.15) is 11.5 Å². The van der Waals surface area contributed by atoms with Crippen molar-refractivity contribution < 1.29 is 19.1 Å². The molecule has 0 fully saturated rings. The van der Waals surface area contributed by atoms with Crippen LogP contribution >= 0.6 is 15.9 Å². The van der Waals surface area contributed by atoms with Gasteiger partial charge in [0, 0.05) is 26.2 Å². The summed E-state index contributed by atoms with van der Waals surface area (Å²) >= 11 is 3.75. The fraction of sp³-hybridized carbons (Fsp3) is 0.227. The number of amides is 2. The first-order valence-electron chi connectivity index (χ1n) is 17.8. The van der Waals surface area contributed by atoms with Crippen LogP contribution in [0.1, 0.15) is 84.2 Å². The number of aryl methyl sites for hydroxylation is 2. The fourth-order valence-electron chi connectivity index (χ4n) is 7.35. The van der Waals surface area contributed by atoms with E-state index in [9.17, 15) is 9.59 Å². The van der Waals surface area contributed by atoms with Crippen molar-refractivity contribution >= 4 is 70.8 Å². The van der Waals surface area contributed by atoms with Crippen molar-refractivity contribution in [2.24, 2.45) is 11.5 Å². The minimum absolute atomic E-state index is 0.164. The Labute approximate surface area is 306 Å². The molecule has 7 aromatic rings. The molecule has 0 saturated heterocycles. The van der Waals surface area contributed by atoms with Gasteiger partial charge >= 0.3 is 0 Å². The lowest BCUT2D eigenvalue weighted by Gasteiger charge is -2.23. The number of benzene rings is 7. The van der Waals surface area contributed by atoms with Crippen LogP contribution in [-0.2, 0) is 12.8 Å². The Kier molecular flexibility index (Phi) is 9.83. The third-order valence-electron chi connectivity index (χ3n) is 9.85. The highest BCUT2D eigenvalue weighted by Crippen LogP contribution is 2.53. The predicted octanol–water partition coefficient (Wildman–Crippen LogP) is 11.7. The van der Waals surface area contributed by atoms with E-state index in [1.54, 1.807) is 12.1 Å². The van der Waals surface area contributed by atoms with Gasteiger partial charge in [-0.2, -0.15) is 0 Å². The maximum Gasteiger partial charge on any atom is 0.253 e. The second kappa shape index (κ2) is 14.6. The lowest BCUT2D eigenvalue weighted by atomic mass is 9.85. The van der Waals surface area contributed by atoms with Crippen LogP contribution in [0.4, 0.5) is 0 Å². The maximum absolute atomic E-state index is 13.6. The molecule has 0 heterocycles. The molecule has 4 N–H and O–H groups in total. The zero-order chi connectivity index (χ0) is 35.6. The Bertz CT molecular complexity index is 2400. The molecule has 0 bridgehead atoms. The van der Waals surface area contributed by atoms with Crippen LogP contribution in [0.15, 0.2) is 95.5 Å². The summed E-state index contributed by atoms with van der Waals surface area (Å²) in [6.45, 7) is 4.39. The van der Waals surface area contributed by atoms with Crippen LogP contribution in [0, 0.1) is 0 Å². The monoisotopic (exact) mass is 740 g/mol. The quantitative estimate of drug-likeness (QED) is 0.0658. The van der Waals surface area contributed by atoms with Crippen LogP contribution in [0.3, 0.4) is 0 Å². The first kappa shape index (κ1) is 34.3. The molecule has 7 aromatic carbocycles. The van der Waals surface area contributed by atoms with Gasteiger partial charge in [-0.15, -0.1) is 0 Å². The van der Waals surface area contributed by atoms with Crippen molar-refractivity contribution in [2.45, 2.75) is 65.2 Å². The molecule has 0 atom stereocenters. The number of rotatable bonds is 14. The van der Waals surface area contributed by atoms with Crippen LogP contribution < -0.4 is 20.9 Å². The van der Waals surface area contributed by atoms with Crippen LogP contribution in [0.2, 0.25) is 0 Å². The van der Waals surface area contributed by atoms with Crippen molar-refractivity contribution in [1.82, 2.24) is 0 Å². The van der Waals surface area contributed by atoms with Gasteiger partial charge in [-0.1, -0.05) is 110 Å². The van der Waals surface area contributed by atoms with Crippen LogP contribution in [0.5, 0.6) is 23.0 Å². The normalized spacial score (nSPS) is 11.6. The van der Waals surface area contributed by atoms with Crippen molar-refractivity contribution in [1.29, 1.82) is 0 Å². The third kappa shape index (κ3) is 6.47. The van der Waals surface area contributed by atoms with Gasteiger partial charge in [-0.3, -0.25) is 9.59 Å². The van der Waals surface area contributed by atoms with E-state index in [0.717, 1.165) is 64.5 Å². The van der Waals surface area contributed by atoms with Crippen molar-refractivity contribution in [3.63, 3.8) is 0 Å². The molecule has 0 aromatic heterocycles. The summed E-state index contributed by atoms with van der Waals surface area (Å²) in [5.41, 5.74) is 15.2. The van der Waals surface area contributed by atoms with Gasteiger partial charge in [-0.25, -0.2) is 0 Å². The molecule has 6 nitrogen and oxygen atoms in total. The Balaban J connectivity index is 1.54. The highest BCUT2D eigenvalue weighted by Gasteiger charge is 2.30. The number of hydrogen-bond acceptors (Lipinski definition) is 4. The lowest BCUT2D eigenvalue weighted by Crippen LogP contribution is -2.15. The van der Waals surface area contributed by atoms with E-state index in [-0.39, 0.29) is 11.3 Å². The minimum Gasteiger partial charge on any atom is -0.453 e. The van der Waals surface area contributed by atoms with E-state index in [2.05, 4.69) is 54.0 Å². The average molecular weight is 742 g/mol. The summed E-state index contributed by atoms with van der Waals surface area (Å²) < 4.78 is 14.5. The Morgan fingerprint density at radius 1 is 0.549 bits per heavy atom. The molecule has 0 aliphatic rings. The molecule has 0 saturated carbocycles. The Morgan fingerprint density at radius 2 is 1.10 bits per heavy atom. The first-order chi connectivity index (χ1) is 24.8. The van der Waals surface area contributed by atoms with Crippen molar-refractivity contribution in [3.05, 3.63) is 118 Å². The smallest absolute Gasteiger partial charge is 0.253 e. The van der Waals surface area contributed by atoms with Gasteiger partial charge in [0.15, 0.2) is 11.5 Å². The van der Waals surface area contributed by atoms with E-state index in [1.165, 1.54) is 24.0 Å². The Hall–Kier alpha value is -5.14. The molecule has 0 radical (unpaired) electrons. The van der Waals surface area contributed by atoms with E-state index >= 15 is 0 Å². The third-order valence-corrected chi connectivity index (χ3v) is 10.5. The number of ether oxygens (including phenoxy) is 2. The molecule has 258 valence electrons. The summed E-state index contributed by atoms with van der Waals surface area (Å²) in [5, 5.41) is 6.14. The number of fused-ring (bicyclic) bond motifs is 2. The summed E-state index contributed by atoms with van der Waals surface area (Å²) in [5.74, 6) is 0.421. The number of unbranched alkanes of at least 4 members (excludes halogenated alkanes) is 4. The van der Waals surface area contributed by atoms with E-state index in [4.69, 9.17) is 20.9 Å². The predicted molar refractivity (Wildman–Crippen MR) is 212 cm³/mol. The summed E-state index contributed by atoms with van der Waals surface area (Å²) in [6, 6.07) is 29.4. The lowest BCUT2D eigenvalue weighted by molar-refractivity contribution is 0.0992. The SMILES string of the molecule is CCCCCc1ccc(Oc2c(C(N)=O)c3ccc(C(N)=O)c4c5ccc(Br)c6cccc(c(c2Oc2ccc(CCCCC)cc2)c34)c65)cc1. The highest BCUT2D eigenvalue weighted by atomic mass is 79.9. The summed E-state index contributed by atoms with van der Waals surface area (Å²) in [7, 11) is 0. The Morgan fingerprint density at radius 3 is 1.67 bits per heavy atom. The van der Waals surface area contributed by atoms with Gasteiger partial charge < -0.3 is 20.9 Å². The number of halogens is 1. The molecule has 0 aliphatic carbocycles. The maximum atomic E-state index is 13.6. The van der Waals surface area contributed by atoms with Gasteiger partial charge in [0.05, 0.1) is 5.56 Å². The molecular formula is C44H41BrN2O4. The molecule has 0 spiro atoms. The molecule has 0 unspecified atom stereocenters. The first-order valence-corrected chi connectivity index (χ1v) is 18.6. The molecule has 0 aliphatic heterocycles. The number of carbonyl (C=O) groups excluding carboxylic acids is 2. The molecule has 7 heteroatoms. The van der Waals surface area contributed by atoms with E-state index in [0.29, 0.717) is 44.4 Å². The van der Waals surface area contributed by atoms with Crippen molar-refractivity contribution in [3.8, 4) is 23.0 Å². The molecule has 51 heavy (non-hydrogen) atoms. The molecular weight excluding hydrogens is 700 g/mol. The number of hydrogen-bond donors (Lipinski definition) is 2.